The number of nitrogens with zero attached hydrogens (tertiary/aromatic N) is 1. The molecule has 3 nitrogen and oxygen atoms in total. The first-order chi connectivity index (χ1) is 9.28. The van der Waals surface area contributed by atoms with Crippen LogP contribution in [0.25, 0.3) is 0 Å². The minimum Gasteiger partial charge on any atom is -0.352 e. The maximum atomic E-state index is 12.3. The zero-order chi connectivity index (χ0) is 13.2. The van der Waals surface area contributed by atoms with Crippen LogP contribution < -0.4 is 5.32 Å². The van der Waals surface area contributed by atoms with Gasteiger partial charge < -0.3 is 5.32 Å². The van der Waals surface area contributed by atoms with Crippen molar-refractivity contribution >= 4 is 5.91 Å². The largest absolute Gasteiger partial charge is 0.352 e. The number of hydrogen-bond acceptors (Lipinski definition) is 2. The van der Waals surface area contributed by atoms with Gasteiger partial charge >= 0.3 is 0 Å². The van der Waals surface area contributed by atoms with Crippen molar-refractivity contribution in [2.45, 2.75) is 70.4 Å². The third kappa shape index (κ3) is 3.50. The molecule has 3 rings (SSSR count). The standard InChI is InChI=1S/C16H28N2O/c1-2-14-5-3-4-10-18(14)11-15(19)17-16(12-6-7-12)13-8-9-13/h12-14,16H,2-11H2,1H3,(H,17,19). The smallest absolute Gasteiger partial charge is 0.234 e. The second-order valence-electron chi connectivity index (χ2n) is 6.80. The van der Waals surface area contributed by atoms with Crippen molar-refractivity contribution in [2.75, 3.05) is 13.1 Å². The molecular weight excluding hydrogens is 236 g/mol. The van der Waals surface area contributed by atoms with Gasteiger partial charge in [-0.1, -0.05) is 13.3 Å². The van der Waals surface area contributed by atoms with E-state index in [0.717, 1.165) is 18.4 Å². The third-order valence-electron chi connectivity index (χ3n) is 5.15. The van der Waals surface area contributed by atoms with E-state index in [1.165, 1.54) is 51.4 Å². The Balaban J connectivity index is 1.49. The molecule has 3 fully saturated rings. The summed E-state index contributed by atoms with van der Waals surface area (Å²) in [4.78, 5) is 14.7. The Hall–Kier alpha value is -0.570. The Morgan fingerprint density at radius 2 is 1.84 bits per heavy atom. The second-order valence-corrected chi connectivity index (χ2v) is 6.80. The lowest BCUT2D eigenvalue weighted by molar-refractivity contribution is -0.124. The van der Waals surface area contributed by atoms with Crippen LogP contribution in [0.1, 0.15) is 58.3 Å². The van der Waals surface area contributed by atoms with Gasteiger partial charge in [0.25, 0.3) is 0 Å². The van der Waals surface area contributed by atoms with Crippen molar-refractivity contribution in [2.24, 2.45) is 11.8 Å². The summed E-state index contributed by atoms with van der Waals surface area (Å²) >= 11 is 0. The summed E-state index contributed by atoms with van der Waals surface area (Å²) in [6, 6.07) is 1.15. The quantitative estimate of drug-likeness (QED) is 0.799. The molecule has 1 saturated heterocycles. The third-order valence-corrected chi connectivity index (χ3v) is 5.15. The van der Waals surface area contributed by atoms with Gasteiger partial charge in [0.15, 0.2) is 0 Å². The van der Waals surface area contributed by atoms with E-state index >= 15 is 0 Å². The van der Waals surface area contributed by atoms with Gasteiger partial charge in [0.2, 0.25) is 5.91 Å². The Bertz CT molecular complexity index is 311. The predicted octanol–water partition coefficient (Wildman–Crippen LogP) is 2.56. The van der Waals surface area contributed by atoms with Crippen LogP contribution in [0, 0.1) is 11.8 Å². The average molecular weight is 264 g/mol. The highest BCUT2D eigenvalue weighted by Gasteiger charge is 2.42. The van der Waals surface area contributed by atoms with Crippen molar-refractivity contribution in [3.63, 3.8) is 0 Å². The van der Waals surface area contributed by atoms with Crippen molar-refractivity contribution in [3.8, 4) is 0 Å². The second kappa shape index (κ2) is 5.82. The molecule has 3 aliphatic rings. The van der Waals surface area contributed by atoms with E-state index in [0.29, 0.717) is 18.6 Å². The van der Waals surface area contributed by atoms with Crippen LogP contribution in [0.2, 0.25) is 0 Å². The molecule has 1 unspecified atom stereocenters. The average Bonchev–Trinajstić information content (AvgIpc) is 3.30. The zero-order valence-corrected chi connectivity index (χ0v) is 12.2. The molecule has 1 N–H and O–H groups in total. The highest BCUT2D eigenvalue weighted by Crippen LogP contribution is 2.44. The molecule has 2 aliphatic carbocycles. The molecule has 0 aromatic heterocycles. The van der Waals surface area contributed by atoms with Gasteiger partial charge in [0.1, 0.15) is 0 Å². The minimum atomic E-state index is 0.282. The number of carbonyl (C=O) groups is 1. The Morgan fingerprint density at radius 1 is 1.16 bits per heavy atom. The summed E-state index contributed by atoms with van der Waals surface area (Å²) in [5.41, 5.74) is 0. The van der Waals surface area contributed by atoms with Crippen LogP contribution in [-0.2, 0) is 4.79 Å². The van der Waals surface area contributed by atoms with Crippen LogP contribution in [0.4, 0.5) is 0 Å². The number of likely N-dealkylation sites (tertiary alicyclic amines) is 1. The summed E-state index contributed by atoms with van der Waals surface area (Å²) in [5.74, 6) is 1.89. The molecule has 1 heterocycles. The van der Waals surface area contributed by atoms with E-state index in [4.69, 9.17) is 0 Å². The number of amides is 1. The molecule has 0 spiro atoms. The highest BCUT2D eigenvalue weighted by molar-refractivity contribution is 5.78. The molecule has 0 aromatic rings. The maximum Gasteiger partial charge on any atom is 0.234 e. The topological polar surface area (TPSA) is 32.3 Å². The molecule has 0 aromatic carbocycles. The molecule has 108 valence electrons. The van der Waals surface area contributed by atoms with Crippen molar-refractivity contribution in [1.29, 1.82) is 0 Å². The molecule has 19 heavy (non-hydrogen) atoms. The molecule has 0 bridgehead atoms. The number of piperidine rings is 1. The lowest BCUT2D eigenvalue weighted by Crippen LogP contribution is -2.48. The van der Waals surface area contributed by atoms with Crippen LogP contribution in [0.15, 0.2) is 0 Å². The Morgan fingerprint density at radius 3 is 2.42 bits per heavy atom. The fourth-order valence-corrected chi connectivity index (χ4v) is 3.68. The molecule has 1 aliphatic heterocycles. The van der Waals surface area contributed by atoms with Crippen LogP contribution in [0.3, 0.4) is 0 Å². The fraction of sp³-hybridized carbons (Fsp3) is 0.938. The summed E-state index contributed by atoms with van der Waals surface area (Å²) < 4.78 is 0. The van der Waals surface area contributed by atoms with E-state index in [1.807, 2.05) is 0 Å². The summed E-state index contributed by atoms with van der Waals surface area (Å²) in [6.07, 6.45) is 10.4. The first-order valence-corrected chi connectivity index (χ1v) is 8.31. The molecule has 1 amide bonds. The van der Waals surface area contributed by atoms with E-state index in [9.17, 15) is 4.79 Å². The molecule has 2 saturated carbocycles. The zero-order valence-electron chi connectivity index (χ0n) is 12.2. The monoisotopic (exact) mass is 264 g/mol. The van der Waals surface area contributed by atoms with Crippen molar-refractivity contribution in [1.82, 2.24) is 10.2 Å². The molecule has 0 radical (unpaired) electrons. The van der Waals surface area contributed by atoms with Gasteiger partial charge in [0, 0.05) is 12.1 Å². The van der Waals surface area contributed by atoms with Gasteiger partial charge in [-0.15, -0.1) is 0 Å². The van der Waals surface area contributed by atoms with E-state index in [2.05, 4.69) is 17.1 Å². The fourth-order valence-electron chi connectivity index (χ4n) is 3.68. The predicted molar refractivity (Wildman–Crippen MR) is 76.9 cm³/mol. The molecular formula is C16H28N2O. The summed E-state index contributed by atoms with van der Waals surface area (Å²) in [5, 5.41) is 3.35. The Labute approximate surface area is 117 Å². The van der Waals surface area contributed by atoms with Gasteiger partial charge in [-0.25, -0.2) is 0 Å². The van der Waals surface area contributed by atoms with Gasteiger partial charge in [-0.05, 0) is 63.3 Å². The number of rotatable bonds is 6. The van der Waals surface area contributed by atoms with Crippen LogP contribution in [0.5, 0.6) is 0 Å². The lowest BCUT2D eigenvalue weighted by atomic mass is 10.00. The number of carbonyl (C=O) groups excluding carboxylic acids is 1. The molecule has 1 atom stereocenters. The lowest BCUT2D eigenvalue weighted by Gasteiger charge is -2.35. The van der Waals surface area contributed by atoms with E-state index in [1.54, 1.807) is 0 Å². The number of hydrogen-bond donors (Lipinski definition) is 1. The minimum absolute atomic E-state index is 0.282. The van der Waals surface area contributed by atoms with Crippen LogP contribution >= 0.6 is 0 Å². The van der Waals surface area contributed by atoms with Crippen molar-refractivity contribution in [3.05, 3.63) is 0 Å². The van der Waals surface area contributed by atoms with Crippen molar-refractivity contribution < 1.29 is 4.79 Å². The normalized spacial score (nSPS) is 28.6. The number of nitrogens with one attached hydrogen (secondary N) is 1. The summed E-state index contributed by atoms with van der Waals surface area (Å²) in [6.45, 7) is 4.00. The van der Waals surface area contributed by atoms with Gasteiger partial charge in [0.05, 0.1) is 6.54 Å². The maximum absolute atomic E-state index is 12.3. The first-order valence-electron chi connectivity index (χ1n) is 8.31. The SMILES string of the molecule is CCC1CCCCN1CC(=O)NC(C1CC1)C1CC1. The van der Waals surface area contributed by atoms with Gasteiger partial charge in [-0.3, -0.25) is 9.69 Å². The van der Waals surface area contributed by atoms with Crippen LogP contribution in [-0.4, -0.2) is 36.0 Å². The van der Waals surface area contributed by atoms with Gasteiger partial charge in [-0.2, -0.15) is 0 Å². The van der Waals surface area contributed by atoms with E-state index < -0.39 is 0 Å². The first kappa shape index (κ1) is 13.4. The highest BCUT2D eigenvalue weighted by atomic mass is 16.2. The summed E-state index contributed by atoms with van der Waals surface area (Å²) in [7, 11) is 0. The molecule has 3 heteroatoms. The Kier molecular flexibility index (Phi) is 4.11. The van der Waals surface area contributed by atoms with E-state index in [-0.39, 0.29) is 5.91 Å².